The van der Waals surface area contributed by atoms with E-state index in [1.54, 1.807) is 17.8 Å². The van der Waals surface area contributed by atoms with E-state index in [2.05, 4.69) is 10.1 Å². The van der Waals surface area contributed by atoms with Crippen LogP contribution < -0.4 is 0 Å². The molecule has 1 N–H and O–H groups in total. The van der Waals surface area contributed by atoms with Gasteiger partial charge in [-0.1, -0.05) is 13.8 Å². The number of carbonyl (C=O) groups is 1. The molecule has 2 heterocycles. The summed E-state index contributed by atoms with van der Waals surface area (Å²) in [4.78, 5) is 15.4. The molecule has 6 nitrogen and oxygen atoms in total. The molecule has 0 unspecified atom stereocenters. The fourth-order valence-corrected chi connectivity index (χ4v) is 2.19. The maximum atomic E-state index is 11.0. The van der Waals surface area contributed by atoms with E-state index in [0.717, 1.165) is 22.4 Å². The van der Waals surface area contributed by atoms with Crippen molar-refractivity contribution in [3.63, 3.8) is 0 Å². The number of rotatable bonds is 3. The number of carboxylic acids is 1. The summed E-state index contributed by atoms with van der Waals surface area (Å²) in [7, 11) is 1.72. The molecule has 6 heteroatoms. The predicted molar refractivity (Wildman–Crippen MR) is 77.3 cm³/mol. The number of aromatic nitrogens is 3. The lowest BCUT2D eigenvalue weighted by Crippen LogP contribution is -1.99. The zero-order chi connectivity index (χ0) is 15.1. The van der Waals surface area contributed by atoms with Gasteiger partial charge in [-0.3, -0.25) is 4.68 Å². The predicted octanol–water partition coefficient (Wildman–Crippen LogP) is 3.05. The lowest BCUT2D eigenvalue weighted by atomic mass is 10.1. The second kappa shape index (κ2) is 4.73. The Morgan fingerprint density at radius 2 is 2.10 bits per heavy atom. The summed E-state index contributed by atoms with van der Waals surface area (Å²) < 4.78 is 7.22. The van der Waals surface area contributed by atoms with Crippen molar-refractivity contribution in [2.45, 2.75) is 19.8 Å². The fourth-order valence-electron chi connectivity index (χ4n) is 2.19. The van der Waals surface area contributed by atoms with Crippen molar-refractivity contribution in [2.24, 2.45) is 7.05 Å². The van der Waals surface area contributed by atoms with Crippen molar-refractivity contribution in [1.82, 2.24) is 14.8 Å². The zero-order valence-electron chi connectivity index (χ0n) is 12.0. The summed E-state index contributed by atoms with van der Waals surface area (Å²) >= 11 is 0. The summed E-state index contributed by atoms with van der Waals surface area (Å²) in [6, 6.07) is 7.15. The largest absolute Gasteiger partial charge is 0.476 e. The lowest BCUT2D eigenvalue weighted by molar-refractivity contribution is 0.0689. The minimum absolute atomic E-state index is 0.0237. The van der Waals surface area contributed by atoms with Crippen molar-refractivity contribution in [1.29, 1.82) is 0 Å². The molecule has 0 saturated carbocycles. The third kappa shape index (κ3) is 2.29. The molecule has 1 aromatic carbocycles. The molecule has 0 radical (unpaired) electrons. The van der Waals surface area contributed by atoms with Crippen molar-refractivity contribution in [3.05, 3.63) is 35.9 Å². The van der Waals surface area contributed by atoms with Gasteiger partial charge in [0.2, 0.25) is 0 Å². The minimum Gasteiger partial charge on any atom is -0.476 e. The number of carboxylic acid groups (broad SMARTS) is 1. The number of hydrogen-bond donors (Lipinski definition) is 1. The van der Waals surface area contributed by atoms with Gasteiger partial charge in [0.05, 0.1) is 5.69 Å². The topological polar surface area (TPSA) is 81.1 Å². The molecular weight excluding hydrogens is 270 g/mol. The number of nitrogens with zero attached hydrogens (tertiary/aromatic N) is 3. The van der Waals surface area contributed by atoms with Gasteiger partial charge >= 0.3 is 5.97 Å². The summed E-state index contributed by atoms with van der Waals surface area (Å²) in [6.07, 6.45) is 0. The molecule has 0 aliphatic rings. The third-order valence-corrected chi connectivity index (χ3v) is 3.29. The number of aryl methyl sites for hydroxylation is 1. The van der Waals surface area contributed by atoms with Crippen LogP contribution in [0, 0.1) is 0 Å². The van der Waals surface area contributed by atoms with Gasteiger partial charge in [0.25, 0.3) is 0 Å². The summed E-state index contributed by atoms with van der Waals surface area (Å²) in [5.74, 6) is -0.129. The van der Waals surface area contributed by atoms with Gasteiger partial charge in [0.15, 0.2) is 17.2 Å². The van der Waals surface area contributed by atoms with Gasteiger partial charge in [-0.15, -0.1) is 0 Å². The Hall–Kier alpha value is -2.63. The molecular formula is C15H15N3O3. The van der Waals surface area contributed by atoms with Crippen LogP contribution in [0.4, 0.5) is 0 Å². The molecule has 3 aromatic rings. The molecule has 108 valence electrons. The van der Waals surface area contributed by atoms with Crippen LogP contribution in [-0.4, -0.2) is 25.8 Å². The van der Waals surface area contributed by atoms with E-state index in [9.17, 15) is 4.79 Å². The maximum absolute atomic E-state index is 11.0. The maximum Gasteiger partial charge on any atom is 0.356 e. The Kier molecular flexibility index (Phi) is 3.01. The molecule has 0 aliphatic carbocycles. The first-order valence-corrected chi connectivity index (χ1v) is 6.64. The van der Waals surface area contributed by atoms with Crippen LogP contribution in [0.2, 0.25) is 0 Å². The highest BCUT2D eigenvalue weighted by atomic mass is 16.4. The molecule has 21 heavy (non-hydrogen) atoms. The second-order valence-electron chi connectivity index (χ2n) is 5.23. The summed E-state index contributed by atoms with van der Waals surface area (Å²) in [5.41, 5.74) is 3.09. The van der Waals surface area contributed by atoms with Crippen molar-refractivity contribution >= 4 is 17.1 Å². The standard InChI is InChI=1S/C15H15N3O3/c1-8(2)14-16-10-6-9(4-5-13(10)21-14)12-7-11(15(19)20)17-18(12)3/h4-8H,1-3H3,(H,19,20). The van der Waals surface area contributed by atoms with Gasteiger partial charge < -0.3 is 9.52 Å². The van der Waals surface area contributed by atoms with E-state index in [-0.39, 0.29) is 11.6 Å². The van der Waals surface area contributed by atoms with Crippen LogP contribution in [0.3, 0.4) is 0 Å². The molecule has 2 aromatic heterocycles. The van der Waals surface area contributed by atoms with Crippen molar-refractivity contribution in [3.8, 4) is 11.3 Å². The van der Waals surface area contributed by atoms with Gasteiger partial charge in [0, 0.05) is 18.5 Å². The highest BCUT2D eigenvalue weighted by Crippen LogP contribution is 2.27. The van der Waals surface area contributed by atoms with Crippen LogP contribution in [0.1, 0.15) is 36.1 Å². The number of benzene rings is 1. The zero-order valence-corrected chi connectivity index (χ0v) is 12.0. The van der Waals surface area contributed by atoms with E-state index in [1.807, 2.05) is 32.0 Å². The Labute approximate surface area is 121 Å². The van der Waals surface area contributed by atoms with E-state index >= 15 is 0 Å². The number of hydrogen-bond acceptors (Lipinski definition) is 4. The van der Waals surface area contributed by atoms with Crippen molar-refractivity contribution < 1.29 is 14.3 Å². The second-order valence-corrected chi connectivity index (χ2v) is 5.23. The average Bonchev–Trinajstić information content (AvgIpc) is 3.01. The minimum atomic E-state index is -1.04. The third-order valence-electron chi connectivity index (χ3n) is 3.29. The number of fused-ring (bicyclic) bond motifs is 1. The average molecular weight is 285 g/mol. The van der Waals surface area contributed by atoms with Crippen LogP contribution >= 0.6 is 0 Å². The van der Waals surface area contributed by atoms with Crippen LogP contribution in [0.25, 0.3) is 22.4 Å². The molecule has 0 atom stereocenters. The molecule has 3 rings (SSSR count). The molecule has 0 bridgehead atoms. The van der Waals surface area contributed by atoms with Crippen LogP contribution in [0.5, 0.6) is 0 Å². The Bertz CT molecular complexity index is 830. The SMILES string of the molecule is CC(C)c1nc2cc(-c3cc(C(=O)O)nn3C)ccc2o1. The van der Waals surface area contributed by atoms with E-state index in [4.69, 9.17) is 9.52 Å². The fraction of sp³-hybridized carbons (Fsp3) is 0.267. The first-order valence-electron chi connectivity index (χ1n) is 6.64. The monoisotopic (exact) mass is 285 g/mol. The van der Waals surface area contributed by atoms with E-state index in [1.165, 1.54) is 0 Å². The van der Waals surface area contributed by atoms with E-state index in [0.29, 0.717) is 5.89 Å². The molecule has 0 aliphatic heterocycles. The summed E-state index contributed by atoms with van der Waals surface area (Å²) in [6.45, 7) is 4.04. The molecule has 0 fully saturated rings. The molecule has 0 amide bonds. The first kappa shape index (κ1) is 13.4. The van der Waals surface area contributed by atoms with Crippen molar-refractivity contribution in [2.75, 3.05) is 0 Å². The molecule has 0 spiro atoms. The summed E-state index contributed by atoms with van der Waals surface area (Å²) in [5, 5.41) is 13.0. The smallest absolute Gasteiger partial charge is 0.356 e. The van der Waals surface area contributed by atoms with Gasteiger partial charge in [-0.2, -0.15) is 5.10 Å². The highest BCUT2D eigenvalue weighted by molar-refractivity contribution is 5.87. The molecule has 0 saturated heterocycles. The Morgan fingerprint density at radius 1 is 1.33 bits per heavy atom. The van der Waals surface area contributed by atoms with Gasteiger partial charge in [-0.25, -0.2) is 9.78 Å². The Morgan fingerprint density at radius 3 is 2.71 bits per heavy atom. The Balaban J connectivity index is 2.10. The van der Waals surface area contributed by atoms with Crippen LogP contribution in [-0.2, 0) is 7.05 Å². The number of oxazole rings is 1. The highest BCUT2D eigenvalue weighted by Gasteiger charge is 2.15. The van der Waals surface area contributed by atoms with Gasteiger partial charge in [0.1, 0.15) is 5.52 Å². The quantitative estimate of drug-likeness (QED) is 0.799. The normalized spacial score (nSPS) is 11.4. The first-order chi connectivity index (χ1) is 9.95. The lowest BCUT2D eigenvalue weighted by Gasteiger charge is -2.00. The number of aromatic carboxylic acids is 1. The van der Waals surface area contributed by atoms with Crippen LogP contribution in [0.15, 0.2) is 28.7 Å². The van der Waals surface area contributed by atoms with Gasteiger partial charge in [-0.05, 0) is 24.3 Å². The van der Waals surface area contributed by atoms with E-state index < -0.39 is 5.97 Å².